The molecule has 3 rings (SSSR count). The number of hydrogen-bond donors (Lipinski definition) is 0. The van der Waals surface area contributed by atoms with E-state index in [9.17, 15) is 8.78 Å². The van der Waals surface area contributed by atoms with E-state index in [0.29, 0.717) is 0 Å². The maximum absolute atomic E-state index is 13.6. The van der Waals surface area contributed by atoms with Crippen molar-refractivity contribution in [2.75, 3.05) is 0 Å². The van der Waals surface area contributed by atoms with E-state index in [1.807, 2.05) is 6.07 Å². The Morgan fingerprint density at radius 2 is 2.05 bits per heavy atom. The molecule has 1 aliphatic rings. The number of rotatable bonds is 2. The van der Waals surface area contributed by atoms with Crippen LogP contribution in [0.1, 0.15) is 23.2 Å². The molecule has 0 bridgehead atoms. The number of nitrogens with zero attached hydrogens (tertiary/aromatic N) is 2. The van der Waals surface area contributed by atoms with E-state index in [-0.39, 0.29) is 17.2 Å². The maximum atomic E-state index is 13.6. The van der Waals surface area contributed by atoms with Crippen LogP contribution in [-0.2, 0) is 12.8 Å². The molecule has 1 aromatic heterocycles. The molecule has 20 heavy (non-hydrogen) atoms. The normalized spacial score (nSPS) is 12.8. The van der Waals surface area contributed by atoms with Gasteiger partial charge in [-0.15, -0.1) is 0 Å². The highest BCUT2D eigenvalue weighted by atomic mass is 19.1. The summed E-state index contributed by atoms with van der Waals surface area (Å²) in [6.45, 7) is 0. The molecule has 5 heteroatoms. The Hall–Kier alpha value is -2.48. The van der Waals surface area contributed by atoms with Gasteiger partial charge in [-0.3, -0.25) is 0 Å². The first kappa shape index (κ1) is 12.5. The molecule has 0 unspecified atom stereocenters. The molecule has 1 aliphatic carbocycles. The third-order valence-electron chi connectivity index (χ3n) is 3.24. The molecule has 0 atom stereocenters. The lowest BCUT2D eigenvalue weighted by atomic mass is 10.1. The van der Waals surface area contributed by atoms with Gasteiger partial charge in [0.25, 0.3) is 0 Å². The van der Waals surface area contributed by atoms with Gasteiger partial charge in [-0.05, 0) is 43.0 Å². The summed E-state index contributed by atoms with van der Waals surface area (Å²) < 4.78 is 31.8. The predicted octanol–water partition coefficient (Wildman–Crippen LogP) is 3.51. The van der Waals surface area contributed by atoms with Gasteiger partial charge >= 0.3 is 0 Å². The number of aryl methyl sites for hydroxylation is 2. The van der Waals surface area contributed by atoms with Crippen molar-refractivity contribution in [2.24, 2.45) is 0 Å². The first-order valence-corrected chi connectivity index (χ1v) is 6.23. The van der Waals surface area contributed by atoms with Crippen molar-refractivity contribution in [3.05, 3.63) is 52.7 Å². The van der Waals surface area contributed by atoms with Crippen LogP contribution in [0.25, 0.3) is 0 Å². The van der Waals surface area contributed by atoms with Gasteiger partial charge in [0.15, 0.2) is 11.6 Å². The minimum Gasteiger partial charge on any atom is -0.435 e. The van der Waals surface area contributed by atoms with Gasteiger partial charge in [0.05, 0.1) is 0 Å². The van der Waals surface area contributed by atoms with E-state index in [2.05, 4.69) is 4.98 Å². The molecule has 3 nitrogen and oxygen atoms in total. The highest BCUT2D eigenvalue weighted by Gasteiger charge is 2.18. The molecule has 0 spiro atoms. The SMILES string of the molecule is N#Cc1cc2c(nc1Oc1ccc(F)cc1F)CCC2. The van der Waals surface area contributed by atoms with Gasteiger partial charge in [-0.1, -0.05) is 0 Å². The van der Waals surface area contributed by atoms with Crippen LogP contribution in [0.4, 0.5) is 8.78 Å². The maximum Gasteiger partial charge on any atom is 0.237 e. The van der Waals surface area contributed by atoms with Gasteiger partial charge in [0, 0.05) is 11.8 Å². The Bertz CT molecular complexity index is 723. The Morgan fingerprint density at radius 3 is 2.80 bits per heavy atom. The second kappa shape index (κ2) is 4.89. The fraction of sp³-hybridized carbons (Fsp3) is 0.200. The molecule has 0 radical (unpaired) electrons. The van der Waals surface area contributed by atoms with Crippen LogP contribution in [0, 0.1) is 23.0 Å². The average molecular weight is 272 g/mol. The van der Waals surface area contributed by atoms with Crippen molar-refractivity contribution in [1.29, 1.82) is 5.26 Å². The highest BCUT2D eigenvalue weighted by Crippen LogP contribution is 2.30. The van der Waals surface area contributed by atoms with Crippen LogP contribution < -0.4 is 4.74 Å². The fourth-order valence-electron chi connectivity index (χ4n) is 2.27. The number of halogens is 2. The lowest BCUT2D eigenvalue weighted by Crippen LogP contribution is -1.98. The number of ether oxygens (including phenoxy) is 1. The van der Waals surface area contributed by atoms with Crippen LogP contribution in [0.3, 0.4) is 0 Å². The minimum atomic E-state index is -0.823. The van der Waals surface area contributed by atoms with Crippen molar-refractivity contribution < 1.29 is 13.5 Å². The lowest BCUT2D eigenvalue weighted by Gasteiger charge is -2.09. The summed E-state index contributed by atoms with van der Waals surface area (Å²) in [5, 5.41) is 9.12. The van der Waals surface area contributed by atoms with Crippen molar-refractivity contribution in [3.8, 4) is 17.7 Å². The Morgan fingerprint density at radius 1 is 1.20 bits per heavy atom. The topological polar surface area (TPSA) is 45.9 Å². The molecule has 1 aromatic carbocycles. The standard InChI is InChI=1S/C15H10F2N2O/c16-11-4-5-14(12(17)7-11)20-15-10(8-18)6-9-2-1-3-13(9)19-15/h4-7H,1-3H2. The zero-order valence-electron chi connectivity index (χ0n) is 10.5. The quantitative estimate of drug-likeness (QED) is 0.840. The summed E-state index contributed by atoms with van der Waals surface area (Å²) in [6, 6.07) is 6.73. The summed E-state index contributed by atoms with van der Waals surface area (Å²) in [4.78, 5) is 4.28. The van der Waals surface area contributed by atoms with Crippen molar-refractivity contribution >= 4 is 0 Å². The van der Waals surface area contributed by atoms with E-state index in [1.54, 1.807) is 6.07 Å². The summed E-state index contributed by atoms with van der Waals surface area (Å²) in [6.07, 6.45) is 2.70. The Labute approximate surface area is 114 Å². The van der Waals surface area contributed by atoms with Gasteiger partial charge in [0.2, 0.25) is 5.88 Å². The predicted molar refractivity (Wildman–Crippen MR) is 67.4 cm³/mol. The van der Waals surface area contributed by atoms with Gasteiger partial charge < -0.3 is 4.74 Å². The van der Waals surface area contributed by atoms with Crippen molar-refractivity contribution in [2.45, 2.75) is 19.3 Å². The molecule has 1 heterocycles. The van der Waals surface area contributed by atoms with Crippen LogP contribution in [0.15, 0.2) is 24.3 Å². The summed E-state index contributed by atoms with van der Waals surface area (Å²) in [5.41, 5.74) is 2.17. The van der Waals surface area contributed by atoms with E-state index in [4.69, 9.17) is 10.00 Å². The van der Waals surface area contributed by atoms with E-state index in [1.165, 1.54) is 6.07 Å². The first-order chi connectivity index (χ1) is 9.67. The number of pyridine rings is 1. The minimum absolute atomic E-state index is 0.0682. The zero-order valence-corrected chi connectivity index (χ0v) is 10.5. The second-order valence-corrected chi connectivity index (χ2v) is 4.59. The third kappa shape index (κ3) is 2.21. The first-order valence-electron chi connectivity index (χ1n) is 6.23. The molecule has 2 aromatic rings. The number of hydrogen-bond acceptors (Lipinski definition) is 3. The van der Waals surface area contributed by atoms with Crippen molar-refractivity contribution in [3.63, 3.8) is 0 Å². The molecule has 100 valence electrons. The molecule has 0 amide bonds. The average Bonchev–Trinajstić information content (AvgIpc) is 2.88. The van der Waals surface area contributed by atoms with Gasteiger partial charge in [-0.25, -0.2) is 13.8 Å². The van der Waals surface area contributed by atoms with Crippen LogP contribution in [0.5, 0.6) is 11.6 Å². The fourth-order valence-corrected chi connectivity index (χ4v) is 2.27. The van der Waals surface area contributed by atoms with Gasteiger partial charge in [-0.2, -0.15) is 5.26 Å². The number of benzene rings is 1. The largest absolute Gasteiger partial charge is 0.435 e. The van der Waals surface area contributed by atoms with Crippen LogP contribution in [0.2, 0.25) is 0 Å². The molecule has 0 saturated carbocycles. The molecular weight excluding hydrogens is 262 g/mol. The smallest absolute Gasteiger partial charge is 0.237 e. The second-order valence-electron chi connectivity index (χ2n) is 4.59. The molecular formula is C15H10F2N2O. The zero-order chi connectivity index (χ0) is 14.1. The molecule has 0 N–H and O–H groups in total. The van der Waals surface area contributed by atoms with E-state index in [0.717, 1.165) is 42.7 Å². The Balaban J connectivity index is 2.00. The van der Waals surface area contributed by atoms with E-state index >= 15 is 0 Å². The Kier molecular flexibility index (Phi) is 3.07. The van der Waals surface area contributed by atoms with E-state index < -0.39 is 11.6 Å². The third-order valence-corrected chi connectivity index (χ3v) is 3.24. The molecule has 0 aliphatic heterocycles. The monoisotopic (exact) mass is 272 g/mol. The summed E-state index contributed by atoms with van der Waals surface area (Å²) in [7, 11) is 0. The van der Waals surface area contributed by atoms with Gasteiger partial charge in [0.1, 0.15) is 17.4 Å². The van der Waals surface area contributed by atoms with Crippen molar-refractivity contribution in [1.82, 2.24) is 4.98 Å². The molecule has 0 fully saturated rings. The highest BCUT2D eigenvalue weighted by molar-refractivity contribution is 5.45. The summed E-state index contributed by atoms with van der Waals surface area (Å²) >= 11 is 0. The number of aromatic nitrogens is 1. The molecule has 0 saturated heterocycles. The number of nitriles is 1. The van der Waals surface area contributed by atoms with Crippen LogP contribution in [-0.4, -0.2) is 4.98 Å². The van der Waals surface area contributed by atoms with Crippen LogP contribution >= 0.6 is 0 Å². The summed E-state index contributed by atoms with van der Waals surface area (Å²) in [5.74, 6) is -1.58. The number of fused-ring (bicyclic) bond motifs is 1. The lowest BCUT2D eigenvalue weighted by molar-refractivity contribution is 0.421.